The maximum Gasteiger partial charge on any atom is 0.260 e. The molecular formula is C17H23FN2O3. The number of likely N-dealkylation sites (tertiary alicyclic amines) is 2. The molecule has 2 atom stereocenters. The Labute approximate surface area is 135 Å². The number of rotatable bonds is 2. The van der Waals surface area contributed by atoms with E-state index in [1.165, 1.54) is 18.2 Å². The van der Waals surface area contributed by atoms with Gasteiger partial charge in [0.25, 0.3) is 5.91 Å². The van der Waals surface area contributed by atoms with Crippen LogP contribution in [0.15, 0.2) is 18.2 Å². The van der Waals surface area contributed by atoms with Crippen molar-refractivity contribution in [2.45, 2.75) is 25.3 Å². The molecule has 2 fully saturated rings. The molecule has 2 N–H and O–H groups in total. The summed E-state index contributed by atoms with van der Waals surface area (Å²) in [6.45, 7) is 1.95. The number of hydrogen-bond acceptors (Lipinski definition) is 4. The number of aliphatic hydroxyl groups excluding tert-OH is 1. The number of carbonyl (C=O) groups is 1. The van der Waals surface area contributed by atoms with Crippen molar-refractivity contribution in [2.75, 3.05) is 33.3 Å². The summed E-state index contributed by atoms with van der Waals surface area (Å²) in [6, 6.07) is 3.95. The van der Waals surface area contributed by atoms with Crippen molar-refractivity contribution >= 4 is 5.91 Å². The topological polar surface area (TPSA) is 64.0 Å². The van der Waals surface area contributed by atoms with Crippen molar-refractivity contribution in [1.82, 2.24) is 9.80 Å². The number of hydrogen-bond donors (Lipinski definition) is 2. The molecule has 23 heavy (non-hydrogen) atoms. The SMILES string of the molecule is CN1CCC[C@]2(CO)CCN(C(=O)c3c(O)cccc3F)C[C@@H]12. The van der Waals surface area contributed by atoms with Gasteiger partial charge < -0.3 is 20.0 Å². The van der Waals surface area contributed by atoms with Crippen LogP contribution in [0.3, 0.4) is 0 Å². The van der Waals surface area contributed by atoms with Gasteiger partial charge in [-0.15, -0.1) is 0 Å². The molecule has 0 aliphatic carbocycles. The van der Waals surface area contributed by atoms with E-state index in [0.29, 0.717) is 19.5 Å². The summed E-state index contributed by atoms with van der Waals surface area (Å²) in [5.74, 6) is -1.51. The van der Waals surface area contributed by atoms with Crippen LogP contribution in [0.4, 0.5) is 4.39 Å². The molecule has 1 aromatic rings. The molecule has 0 aromatic heterocycles. The van der Waals surface area contributed by atoms with Crippen LogP contribution in [0.2, 0.25) is 0 Å². The van der Waals surface area contributed by atoms with Gasteiger partial charge in [-0.3, -0.25) is 4.79 Å². The van der Waals surface area contributed by atoms with Crippen LogP contribution in [0.5, 0.6) is 5.75 Å². The Morgan fingerprint density at radius 1 is 1.39 bits per heavy atom. The van der Waals surface area contributed by atoms with Gasteiger partial charge in [0.1, 0.15) is 17.1 Å². The normalized spacial score (nSPS) is 28.5. The maximum absolute atomic E-state index is 13.9. The molecule has 6 heteroatoms. The molecule has 2 saturated heterocycles. The molecule has 0 radical (unpaired) electrons. The highest BCUT2D eigenvalue weighted by molar-refractivity contribution is 5.97. The summed E-state index contributed by atoms with van der Waals surface area (Å²) >= 11 is 0. The molecule has 1 aromatic carbocycles. The van der Waals surface area contributed by atoms with Crippen molar-refractivity contribution in [2.24, 2.45) is 5.41 Å². The highest BCUT2D eigenvalue weighted by atomic mass is 19.1. The largest absolute Gasteiger partial charge is 0.507 e. The summed E-state index contributed by atoms with van der Waals surface area (Å²) in [5.41, 5.74) is -0.441. The van der Waals surface area contributed by atoms with Crippen molar-refractivity contribution in [1.29, 1.82) is 0 Å². The molecule has 2 aliphatic heterocycles. The molecule has 5 nitrogen and oxygen atoms in total. The van der Waals surface area contributed by atoms with Crippen LogP contribution in [0.1, 0.15) is 29.6 Å². The van der Waals surface area contributed by atoms with Gasteiger partial charge in [0.15, 0.2) is 0 Å². The third-order valence-corrected chi connectivity index (χ3v) is 5.50. The summed E-state index contributed by atoms with van der Waals surface area (Å²) in [4.78, 5) is 16.4. The maximum atomic E-state index is 13.9. The number of fused-ring (bicyclic) bond motifs is 1. The smallest absolute Gasteiger partial charge is 0.260 e. The number of nitrogens with zero attached hydrogens (tertiary/aromatic N) is 2. The second kappa shape index (κ2) is 6.09. The lowest BCUT2D eigenvalue weighted by Crippen LogP contribution is -2.62. The monoisotopic (exact) mass is 322 g/mol. The summed E-state index contributed by atoms with van der Waals surface area (Å²) in [6.07, 6.45) is 2.68. The van der Waals surface area contributed by atoms with Crippen LogP contribution in [0, 0.1) is 11.2 Å². The Kier molecular flexibility index (Phi) is 4.29. The lowest BCUT2D eigenvalue weighted by atomic mass is 9.69. The Hall–Kier alpha value is -1.66. The molecule has 0 bridgehead atoms. The number of amides is 1. The zero-order valence-corrected chi connectivity index (χ0v) is 13.3. The number of piperidine rings is 2. The fourth-order valence-electron chi connectivity index (χ4n) is 4.08. The summed E-state index contributed by atoms with van der Waals surface area (Å²) < 4.78 is 13.9. The van der Waals surface area contributed by atoms with Crippen LogP contribution in [0.25, 0.3) is 0 Å². The standard InChI is InChI=1S/C17H23FN2O3/c1-19-8-3-6-17(11-21)7-9-20(10-14(17)19)16(23)15-12(18)4-2-5-13(15)22/h2,4-5,14,21-22H,3,6-11H2,1H3/t14-,17-/m1/s1. The Morgan fingerprint density at radius 2 is 2.17 bits per heavy atom. The molecule has 0 unspecified atom stereocenters. The van der Waals surface area contributed by atoms with E-state index in [4.69, 9.17) is 0 Å². The predicted octanol–water partition coefficient (Wildman–Crippen LogP) is 1.45. The van der Waals surface area contributed by atoms with E-state index in [9.17, 15) is 19.4 Å². The Balaban J connectivity index is 1.85. The molecule has 2 aliphatic rings. The number of carbonyl (C=O) groups excluding carboxylic acids is 1. The van der Waals surface area contributed by atoms with Crippen LogP contribution < -0.4 is 0 Å². The number of halogens is 1. The van der Waals surface area contributed by atoms with E-state index >= 15 is 0 Å². The fraction of sp³-hybridized carbons (Fsp3) is 0.588. The molecule has 2 heterocycles. The average molecular weight is 322 g/mol. The van der Waals surface area contributed by atoms with Gasteiger partial charge in [-0.1, -0.05) is 6.07 Å². The van der Waals surface area contributed by atoms with Crippen molar-refractivity contribution in [3.05, 3.63) is 29.6 Å². The number of phenols is 1. The number of phenolic OH excluding ortho intramolecular Hbond substituents is 1. The number of benzene rings is 1. The van der Waals surface area contributed by atoms with Crippen LogP contribution in [-0.4, -0.2) is 65.3 Å². The van der Waals surface area contributed by atoms with E-state index in [-0.39, 0.29) is 29.4 Å². The highest BCUT2D eigenvalue weighted by Crippen LogP contribution is 2.42. The molecule has 126 valence electrons. The average Bonchev–Trinajstić information content (AvgIpc) is 2.54. The minimum Gasteiger partial charge on any atom is -0.507 e. The minimum absolute atomic E-state index is 0.0628. The third-order valence-electron chi connectivity index (χ3n) is 5.50. The van der Waals surface area contributed by atoms with Crippen molar-refractivity contribution < 1.29 is 19.4 Å². The highest BCUT2D eigenvalue weighted by Gasteiger charge is 2.47. The van der Waals surface area contributed by atoms with Gasteiger partial charge in [-0.05, 0) is 45.0 Å². The van der Waals surface area contributed by atoms with E-state index in [2.05, 4.69) is 4.90 Å². The van der Waals surface area contributed by atoms with E-state index in [0.717, 1.165) is 19.4 Å². The fourth-order valence-corrected chi connectivity index (χ4v) is 4.08. The number of aliphatic hydroxyl groups is 1. The second-order valence-electron chi connectivity index (χ2n) is 6.76. The van der Waals surface area contributed by atoms with E-state index in [1.54, 1.807) is 4.90 Å². The molecular weight excluding hydrogens is 299 g/mol. The van der Waals surface area contributed by atoms with Gasteiger partial charge in [0.05, 0.1) is 6.61 Å². The lowest BCUT2D eigenvalue weighted by molar-refractivity contribution is -0.0602. The van der Waals surface area contributed by atoms with Crippen LogP contribution in [-0.2, 0) is 0 Å². The van der Waals surface area contributed by atoms with Gasteiger partial charge in [-0.2, -0.15) is 0 Å². The first-order valence-electron chi connectivity index (χ1n) is 8.06. The first kappa shape index (κ1) is 16.2. The van der Waals surface area contributed by atoms with Crippen molar-refractivity contribution in [3.8, 4) is 5.75 Å². The van der Waals surface area contributed by atoms with E-state index in [1.807, 2.05) is 7.05 Å². The first-order valence-corrected chi connectivity index (χ1v) is 8.06. The first-order chi connectivity index (χ1) is 11.0. The predicted molar refractivity (Wildman–Crippen MR) is 83.8 cm³/mol. The summed E-state index contributed by atoms with van der Waals surface area (Å²) in [7, 11) is 2.00. The molecule has 1 amide bonds. The third kappa shape index (κ3) is 2.70. The zero-order chi connectivity index (χ0) is 16.6. The molecule has 3 rings (SSSR count). The summed E-state index contributed by atoms with van der Waals surface area (Å²) in [5, 5.41) is 19.7. The molecule has 0 spiro atoms. The quantitative estimate of drug-likeness (QED) is 0.865. The number of likely N-dealkylation sites (N-methyl/N-ethyl adjacent to an activating group) is 1. The van der Waals surface area contributed by atoms with E-state index < -0.39 is 11.7 Å². The van der Waals surface area contributed by atoms with Gasteiger partial charge >= 0.3 is 0 Å². The molecule has 0 saturated carbocycles. The second-order valence-corrected chi connectivity index (χ2v) is 6.76. The van der Waals surface area contributed by atoms with Gasteiger partial charge in [0.2, 0.25) is 0 Å². The lowest BCUT2D eigenvalue weighted by Gasteiger charge is -2.53. The number of aromatic hydroxyl groups is 1. The minimum atomic E-state index is -0.703. The Bertz CT molecular complexity index is 589. The zero-order valence-electron chi connectivity index (χ0n) is 13.3. The van der Waals surface area contributed by atoms with Crippen molar-refractivity contribution in [3.63, 3.8) is 0 Å². The van der Waals surface area contributed by atoms with Gasteiger partial charge in [0, 0.05) is 24.5 Å². The van der Waals surface area contributed by atoms with Gasteiger partial charge in [-0.25, -0.2) is 4.39 Å². The van der Waals surface area contributed by atoms with Crippen LogP contribution >= 0.6 is 0 Å². The Morgan fingerprint density at radius 3 is 2.87 bits per heavy atom.